The fourth-order valence-electron chi connectivity index (χ4n) is 7.40. The molecular formula is C21H30O. The number of hydrogen-bond donors (Lipinski definition) is 0. The van der Waals surface area contributed by atoms with Crippen molar-refractivity contribution in [2.24, 2.45) is 34.5 Å². The van der Waals surface area contributed by atoms with Gasteiger partial charge in [-0.05, 0) is 79.4 Å². The van der Waals surface area contributed by atoms with E-state index < -0.39 is 0 Å². The van der Waals surface area contributed by atoms with Crippen molar-refractivity contribution >= 4 is 0 Å². The minimum absolute atomic E-state index is 0.418. The number of ether oxygens (including phenoxy) is 1. The average Bonchev–Trinajstić information content (AvgIpc) is 3.28. The molecule has 0 bridgehead atoms. The van der Waals surface area contributed by atoms with Crippen LogP contribution in [0.25, 0.3) is 0 Å². The summed E-state index contributed by atoms with van der Waals surface area (Å²) in [6.07, 6.45) is 17.7. The third kappa shape index (κ3) is 1.66. The Bertz CT molecular complexity index is 558. The van der Waals surface area contributed by atoms with Crippen LogP contribution in [0.4, 0.5) is 0 Å². The largest absolute Gasteiger partial charge is 0.458 e. The molecule has 5 aliphatic rings. The molecule has 1 aliphatic heterocycles. The van der Waals surface area contributed by atoms with Crippen molar-refractivity contribution < 1.29 is 4.74 Å². The smallest absolute Gasteiger partial charge is 0.165 e. The molecule has 4 aliphatic carbocycles. The highest BCUT2D eigenvalue weighted by Crippen LogP contribution is 2.67. The van der Waals surface area contributed by atoms with Gasteiger partial charge in [0.05, 0.1) is 0 Å². The molecule has 3 saturated carbocycles. The van der Waals surface area contributed by atoms with Crippen LogP contribution in [0.2, 0.25) is 0 Å². The molecular weight excluding hydrogens is 268 g/mol. The van der Waals surface area contributed by atoms with Gasteiger partial charge in [-0.25, -0.2) is 0 Å². The Kier molecular flexibility index (Phi) is 2.75. The summed E-state index contributed by atoms with van der Waals surface area (Å²) in [7, 11) is 0. The number of rotatable bonds is 1. The first-order valence-electron chi connectivity index (χ1n) is 9.71. The third-order valence-electron chi connectivity index (χ3n) is 8.67. The molecule has 1 heterocycles. The number of allylic oxidation sites excluding steroid dienone is 2. The molecule has 0 spiro atoms. The highest BCUT2D eigenvalue weighted by Gasteiger charge is 2.58. The highest BCUT2D eigenvalue weighted by molar-refractivity contribution is 5.42. The zero-order valence-electron chi connectivity index (χ0n) is 14.2. The number of hydrogen-bond acceptors (Lipinski definition) is 1. The molecule has 22 heavy (non-hydrogen) atoms. The van der Waals surface area contributed by atoms with E-state index in [0.29, 0.717) is 10.8 Å². The summed E-state index contributed by atoms with van der Waals surface area (Å²) in [5, 5.41) is 0. The summed E-state index contributed by atoms with van der Waals surface area (Å²) in [6, 6.07) is 0. The number of fused-ring (bicyclic) bond motifs is 5. The van der Waals surface area contributed by atoms with Crippen LogP contribution in [0, 0.1) is 34.5 Å². The van der Waals surface area contributed by atoms with Gasteiger partial charge in [-0.15, -0.1) is 0 Å². The first kappa shape index (κ1) is 13.7. The monoisotopic (exact) mass is 298 g/mol. The summed E-state index contributed by atoms with van der Waals surface area (Å²) in [6.45, 7) is 5.22. The van der Waals surface area contributed by atoms with Crippen molar-refractivity contribution in [3.05, 3.63) is 23.7 Å². The van der Waals surface area contributed by atoms with Crippen LogP contribution in [0.3, 0.4) is 0 Å². The lowest BCUT2D eigenvalue weighted by atomic mass is 9.45. The molecule has 1 nitrogen and oxygen atoms in total. The summed E-state index contributed by atoms with van der Waals surface area (Å²) in [5.41, 5.74) is 2.65. The Labute approximate surface area is 135 Å². The van der Waals surface area contributed by atoms with Gasteiger partial charge < -0.3 is 4.74 Å². The Morgan fingerprint density at radius 3 is 2.68 bits per heavy atom. The van der Waals surface area contributed by atoms with E-state index in [4.69, 9.17) is 4.74 Å². The van der Waals surface area contributed by atoms with Gasteiger partial charge in [0.25, 0.3) is 0 Å². The van der Waals surface area contributed by atoms with Crippen LogP contribution in [0.5, 0.6) is 0 Å². The van der Waals surface area contributed by atoms with Crippen molar-refractivity contribution in [1.29, 1.82) is 0 Å². The molecule has 0 saturated heterocycles. The Hall–Kier alpha value is -0.720. The molecule has 6 atom stereocenters. The molecule has 0 amide bonds. The second-order valence-corrected chi connectivity index (χ2v) is 9.31. The van der Waals surface area contributed by atoms with Crippen molar-refractivity contribution in [2.45, 2.75) is 71.6 Å². The lowest BCUT2D eigenvalue weighted by molar-refractivity contribution is -0.0986. The molecule has 0 aromatic carbocycles. The van der Waals surface area contributed by atoms with Crippen LogP contribution in [-0.4, -0.2) is 0 Å². The van der Waals surface area contributed by atoms with Crippen LogP contribution in [-0.2, 0) is 4.74 Å². The van der Waals surface area contributed by atoms with Gasteiger partial charge in [0, 0.05) is 5.57 Å². The third-order valence-corrected chi connectivity index (χ3v) is 8.67. The fraction of sp³-hybridized carbons (Fsp3) is 0.810. The second kappa shape index (κ2) is 4.42. The first-order chi connectivity index (χ1) is 10.6. The maximum Gasteiger partial charge on any atom is 0.165 e. The molecule has 3 fully saturated rings. The lowest BCUT2D eigenvalue weighted by Crippen LogP contribution is -2.52. The minimum Gasteiger partial charge on any atom is -0.458 e. The van der Waals surface area contributed by atoms with E-state index in [1.165, 1.54) is 63.5 Å². The molecule has 1 unspecified atom stereocenters. The Morgan fingerprint density at radius 2 is 1.86 bits per heavy atom. The van der Waals surface area contributed by atoms with Gasteiger partial charge in [-0.3, -0.25) is 0 Å². The van der Waals surface area contributed by atoms with Crippen molar-refractivity contribution in [3.63, 3.8) is 0 Å². The quantitative estimate of drug-likeness (QED) is 0.593. The van der Waals surface area contributed by atoms with E-state index in [-0.39, 0.29) is 0 Å². The van der Waals surface area contributed by atoms with Crippen LogP contribution in [0.1, 0.15) is 71.6 Å². The topological polar surface area (TPSA) is 12.5 Å². The van der Waals surface area contributed by atoms with E-state index in [9.17, 15) is 0 Å². The molecule has 5 rings (SSSR count). The van der Waals surface area contributed by atoms with Crippen molar-refractivity contribution in [2.75, 3.05) is 0 Å². The van der Waals surface area contributed by atoms with E-state index in [2.05, 4.69) is 19.9 Å². The van der Waals surface area contributed by atoms with Crippen LogP contribution in [0.15, 0.2) is 23.7 Å². The standard InChI is InChI=1S/C21H30O/c1-20-11-4-3-5-14(20)6-7-15-16-8-9-18(19-13-22-19)21(16,2)12-10-17(15)20/h9,13-17H,3-8,10-12H2,1-2H3/t14?,15-,16-,17-,20-,21-/m0/s1. The first-order valence-corrected chi connectivity index (χ1v) is 9.71. The van der Waals surface area contributed by atoms with Gasteiger partial charge >= 0.3 is 0 Å². The van der Waals surface area contributed by atoms with E-state index in [1.807, 2.05) is 6.26 Å². The second-order valence-electron chi connectivity index (χ2n) is 9.31. The Balaban J connectivity index is 1.46. The van der Waals surface area contributed by atoms with E-state index in [0.717, 1.165) is 23.7 Å². The fourth-order valence-corrected chi connectivity index (χ4v) is 7.40. The highest BCUT2D eigenvalue weighted by atomic mass is 16.5. The summed E-state index contributed by atoms with van der Waals surface area (Å²) in [4.78, 5) is 0. The normalized spacial score (nSPS) is 52.6. The maximum absolute atomic E-state index is 5.47. The average molecular weight is 298 g/mol. The lowest BCUT2D eigenvalue weighted by Gasteiger charge is -2.60. The van der Waals surface area contributed by atoms with E-state index >= 15 is 0 Å². The molecule has 0 aromatic rings. The minimum atomic E-state index is 0.418. The van der Waals surface area contributed by atoms with Gasteiger partial charge in [0.2, 0.25) is 0 Å². The van der Waals surface area contributed by atoms with Gasteiger partial charge in [0.15, 0.2) is 5.76 Å². The Morgan fingerprint density at radius 1 is 1.00 bits per heavy atom. The zero-order chi connectivity index (χ0) is 14.9. The predicted molar refractivity (Wildman–Crippen MR) is 89.0 cm³/mol. The molecule has 120 valence electrons. The van der Waals surface area contributed by atoms with Gasteiger partial charge in [0.1, 0.15) is 6.26 Å². The molecule has 0 N–H and O–H groups in total. The molecule has 1 heteroatoms. The van der Waals surface area contributed by atoms with Gasteiger partial charge in [-0.2, -0.15) is 0 Å². The molecule has 0 radical (unpaired) electrons. The van der Waals surface area contributed by atoms with Crippen LogP contribution < -0.4 is 0 Å². The van der Waals surface area contributed by atoms with Crippen molar-refractivity contribution in [3.8, 4) is 0 Å². The summed E-state index contributed by atoms with van der Waals surface area (Å²) in [5.74, 6) is 5.12. The predicted octanol–water partition coefficient (Wildman–Crippen LogP) is 5.83. The zero-order valence-corrected chi connectivity index (χ0v) is 14.2. The van der Waals surface area contributed by atoms with Crippen LogP contribution >= 0.6 is 0 Å². The summed E-state index contributed by atoms with van der Waals surface area (Å²) >= 11 is 0. The SMILES string of the molecule is C[C@]12CCCCC1CC[C@@H]1[C@@H]2CC[C@]2(C)C(C3=CO3)=CC[C@@H]12. The van der Waals surface area contributed by atoms with Gasteiger partial charge in [-0.1, -0.05) is 32.8 Å². The van der Waals surface area contributed by atoms with E-state index in [1.54, 1.807) is 5.57 Å². The van der Waals surface area contributed by atoms with Crippen molar-refractivity contribution in [1.82, 2.24) is 0 Å². The maximum atomic E-state index is 5.47. The summed E-state index contributed by atoms with van der Waals surface area (Å²) < 4.78 is 5.47. The molecule has 0 aromatic heterocycles.